The summed E-state index contributed by atoms with van der Waals surface area (Å²) in [6.07, 6.45) is 0. The summed E-state index contributed by atoms with van der Waals surface area (Å²) in [6, 6.07) is 7.76. The van der Waals surface area contributed by atoms with Crippen LogP contribution in [0.25, 0.3) is 0 Å². The van der Waals surface area contributed by atoms with Crippen LogP contribution in [0.1, 0.15) is 15.9 Å². The lowest BCUT2D eigenvalue weighted by molar-refractivity contribution is -0.120. The normalized spacial score (nSPS) is 10.0. The molecule has 0 bridgehead atoms. The van der Waals surface area contributed by atoms with Crippen LogP contribution < -0.4 is 4.74 Å². The minimum Gasteiger partial charge on any atom is -0.507 e. The first-order valence-corrected chi connectivity index (χ1v) is 5.53. The van der Waals surface area contributed by atoms with Gasteiger partial charge in [-0.15, -0.1) is 0 Å². The predicted octanol–water partition coefficient (Wildman–Crippen LogP) is 1.57. The molecule has 6 nitrogen and oxygen atoms in total. The van der Waals surface area contributed by atoms with Gasteiger partial charge in [0.2, 0.25) is 5.78 Å². The van der Waals surface area contributed by atoms with Crippen molar-refractivity contribution in [1.82, 2.24) is 0 Å². The first-order valence-electron chi connectivity index (χ1n) is 5.53. The lowest BCUT2D eigenvalue weighted by Gasteiger charge is -2.09. The molecule has 0 saturated carbocycles. The Balaban J connectivity index is 2.51. The summed E-state index contributed by atoms with van der Waals surface area (Å²) in [5.41, 5.74) is -0.452. The summed E-state index contributed by atoms with van der Waals surface area (Å²) in [5.74, 6) is -2.26. The Bertz CT molecular complexity index is 654. The van der Waals surface area contributed by atoms with E-state index in [0.717, 1.165) is 12.1 Å². The Hall–Kier alpha value is -3.02. The van der Waals surface area contributed by atoms with Crippen LogP contribution in [0.4, 0.5) is 0 Å². The van der Waals surface area contributed by atoms with Gasteiger partial charge >= 0.3 is 0 Å². The van der Waals surface area contributed by atoms with E-state index in [0.29, 0.717) is 0 Å². The second-order valence-electron chi connectivity index (χ2n) is 3.90. The van der Waals surface area contributed by atoms with Crippen molar-refractivity contribution in [3.63, 3.8) is 0 Å². The third kappa shape index (κ3) is 2.39. The Morgan fingerprint density at radius 1 is 1.00 bits per heavy atom. The zero-order chi connectivity index (χ0) is 14.7. The van der Waals surface area contributed by atoms with Gasteiger partial charge in [-0.2, -0.15) is 0 Å². The number of phenols is 3. The summed E-state index contributed by atoms with van der Waals surface area (Å²) in [4.78, 5) is 22.4. The number of ether oxygens (including phenoxy) is 1. The van der Waals surface area contributed by atoms with E-state index in [2.05, 4.69) is 4.74 Å². The average molecular weight is 274 g/mol. The van der Waals surface area contributed by atoms with Gasteiger partial charge in [-0.25, -0.2) is 0 Å². The Morgan fingerprint density at radius 2 is 1.60 bits per heavy atom. The highest BCUT2D eigenvalue weighted by Gasteiger charge is 2.21. The van der Waals surface area contributed by atoms with Crippen LogP contribution in [0.5, 0.6) is 23.0 Å². The van der Waals surface area contributed by atoms with Crippen LogP contribution >= 0.6 is 0 Å². The van der Waals surface area contributed by atoms with Crippen molar-refractivity contribution in [3.8, 4) is 23.0 Å². The van der Waals surface area contributed by atoms with E-state index in [1.807, 2.05) is 0 Å². The first-order chi connectivity index (χ1) is 9.54. The molecule has 0 spiro atoms. The van der Waals surface area contributed by atoms with Crippen LogP contribution in [0.2, 0.25) is 0 Å². The Labute approximate surface area is 113 Å². The molecular weight excluding hydrogens is 264 g/mol. The minimum absolute atomic E-state index is 0.0674. The largest absolute Gasteiger partial charge is 0.507 e. The SMILES string of the molecule is O=COc1cc(O)c(C(=O)c2ccccc2O)c(O)c1. The van der Waals surface area contributed by atoms with Gasteiger partial charge in [-0.3, -0.25) is 9.59 Å². The number of phenolic OH excluding ortho intramolecular Hbond substituents is 3. The lowest BCUT2D eigenvalue weighted by Crippen LogP contribution is -2.03. The second kappa shape index (κ2) is 5.31. The molecule has 0 aliphatic carbocycles. The molecule has 0 unspecified atom stereocenters. The maximum Gasteiger partial charge on any atom is 0.298 e. The van der Waals surface area contributed by atoms with Crippen molar-refractivity contribution in [2.24, 2.45) is 0 Å². The average Bonchev–Trinajstić information content (AvgIpc) is 2.38. The molecule has 2 aromatic rings. The fourth-order valence-corrected chi connectivity index (χ4v) is 1.74. The quantitative estimate of drug-likeness (QED) is 0.577. The zero-order valence-corrected chi connectivity index (χ0v) is 10.1. The fraction of sp³-hybridized carbons (Fsp3) is 0. The van der Waals surface area contributed by atoms with Crippen molar-refractivity contribution in [2.75, 3.05) is 0 Å². The summed E-state index contributed by atoms with van der Waals surface area (Å²) >= 11 is 0. The highest BCUT2D eigenvalue weighted by molar-refractivity contribution is 6.14. The molecule has 0 heterocycles. The van der Waals surface area contributed by atoms with Crippen LogP contribution in [-0.4, -0.2) is 27.6 Å². The van der Waals surface area contributed by atoms with E-state index >= 15 is 0 Å². The second-order valence-corrected chi connectivity index (χ2v) is 3.90. The number of aromatic hydroxyl groups is 3. The summed E-state index contributed by atoms with van der Waals surface area (Å²) in [6.45, 7) is 0.124. The topological polar surface area (TPSA) is 104 Å². The van der Waals surface area contributed by atoms with Gasteiger partial charge in [0.1, 0.15) is 28.6 Å². The van der Waals surface area contributed by atoms with Gasteiger partial charge in [-0.05, 0) is 12.1 Å². The number of rotatable bonds is 4. The Kier molecular flexibility index (Phi) is 3.56. The standard InChI is InChI=1S/C14H10O6/c15-7-20-8-5-11(17)13(12(18)6-8)14(19)9-3-1-2-4-10(9)16/h1-7,16-18H. The predicted molar refractivity (Wildman–Crippen MR) is 68.0 cm³/mol. The molecule has 2 rings (SSSR count). The molecule has 0 aromatic heterocycles. The van der Waals surface area contributed by atoms with Crippen molar-refractivity contribution < 1.29 is 29.6 Å². The smallest absolute Gasteiger partial charge is 0.298 e. The molecule has 0 fully saturated rings. The molecule has 6 heteroatoms. The van der Waals surface area contributed by atoms with Gasteiger partial charge in [0.15, 0.2) is 0 Å². The number of benzene rings is 2. The number of ketones is 1. The zero-order valence-electron chi connectivity index (χ0n) is 10.1. The highest BCUT2D eigenvalue weighted by atomic mass is 16.5. The monoisotopic (exact) mass is 274 g/mol. The molecule has 0 aliphatic rings. The van der Waals surface area contributed by atoms with E-state index < -0.39 is 17.3 Å². The van der Waals surface area contributed by atoms with E-state index in [1.165, 1.54) is 24.3 Å². The minimum atomic E-state index is -0.754. The van der Waals surface area contributed by atoms with Crippen molar-refractivity contribution in [3.05, 3.63) is 47.5 Å². The molecule has 0 radical (unpaired) electrons. The molecule has 102 valence electrons. The van der Waals surface area contributed by atoms with Gasteiger partial charge in [0.05, 0.1) is 5.56 Å². The maximum atomic E-state index is 12.2. The number of para-hydroxylation sites is 1. The van der Waals surface area contributed by atoms with Gasteiger partial charge in [0, 0.05) is 12.1 Å². The number of carbonyl (C=O) groups is 2. The summed E-state index contributed by atoms with van der Waals surface area (Å²) in [7, 11) is 0. The molecule has 0 atom stereocenters. The van der Waals surface area contributed by atoms with Gasteiger partial charge < -0.3 is 20.1 Å². The van der Waals surface area contributed by atoms with Gasteiger partial charge in [-0.1, -0.05) is 12.1 Å². The summed E-state index contributed by atoms with van der Waals surface area (Å²) in [5, 5.41) is 29.1. The van der Waals surface area contributed by atoms with E-state index in [-0.39, 0.29) is 29.1 Å². The molecule has 0 amide bonds. The molecule has 0 aliphatic heterocycles. The summed E-state index contributed by atoms with van der Waals surface area (Å²) < 4.78 is 4.47. The molecule has 0 saturated heterocycles. The third-order valence-corrected chi connectivity index (χ3v) is 2.63. The number of hydrogen-bond donors (Lipinski definition) is 3. The van der Waals surface area contributed by atoms with Crippen LogP contribution in [0.15, 0.2) is 36.4 Å². The first kappa shape index (κ1) is 13.4. The van der Waals surface area contributed by atoms with Crippen molar-refractivity contribution in [1.29, 1.82) is 0 Å². The maximum absolute atomic E-state index is 12.2. The van der Waals surface area contributed by atoms with E-state index in [4.69, 9.17) is 0 Å². The van der Waals surface area contributed by atoms with Gasteiger partial charge in [0.25, 0.3) is 6.47 Å². The highest BCUT2D eigenvalue weighted by Crippen LogP contribution is 2.35. The molecule has 20 heavy (non-hydrogen) atoms. The van der Waals surface area contributed by atoms with Crippen molar-refractivity contribution >= 4 is 12.3 Å². The van der Waals surface area contributed by atoms with E-state index in [9.17, 15) is 24.9 Å². The van der Waals surface area contributed by atoms with Crippen LogP contribution in [0, 0.1) is 0 Å². The fourth-order valence-electron chi connectivity index (χ4n) is 1.74. The molecule has 3 N–H and O–H groups in total. The van der Waals surface area contributed by atoms with E-state index in [1.54, 1.807) is 0 Å². The molecular formula is C14H10O6. The number of hydrogen-bond acceptors (Lipinski definition) is 6. The Morgan fingerprint density at radius 3 is 2.15 bits per heavy atom. The van der Waals surface area contributed by atoms with Crippen LogP contribution in [0.3, 0.4) is 0 Å². The molecule has 2 aromatic carbocycles. The van der Waals surface area contributed by atoms with Crippen LogP contribution in [-0.2, 0) is 4.79 Å². The number of carbonyl (C=O) groups excluding carboxylic acids is 2. The third-order valence-electron chi connectivity index (χ3n) is 2.63. The lowest BCUT2D eigenvalue weighted by atomic mass is 10.0. The van der Waals surface area contributed by atoms with Crippen molar-refractivity contribution in [2.45, 2.75) is 0 Å².